The Morgan fingerprint density at radius 1 is 1.08 bits per heavy atom. The van der Waals surface area contributed by atoms with Crippen LogP contribution < -0.4 is 21.7 Å². The highest BCUT2D eigenvalue weighted by molar-refractivity contribution is 7.80. The Morgan fingerprint density at radius 3 is 2.16 bits per heavy atom. The molecule has 3 atom stereocenters. The summed E-state index contributed by atoms with van der Waals surface area (Å²) in [5.41, 5.74) is 5.42. The van der Waals surface area contributed by atoms with E-state index >= 15 is 0 Å². The van der Waals surface area contributed by atoms with Crippen molar-refractivity contribution in [2.75, 3.05) is 12.3 Å². The van der Waals surface area contributed by atoms with Crippen LogP contribution in [0.25, 0.3) is 0 Å². The summed E-state index contributed by atoms with van der Waals surface area (Å²) in [7, 11) is 0. The second kappa shape index (κ2) is 12.7. The molecule has 9 heteroatoms. The molecule has 5 N–H and O–H groups in total. The Labute approximate surface area is 154 Å². The summed E-state index contributed by atoms with van der Waals surface area (Å²) in [5, 5.41) is 7.73. The molecule has 0 aromatic carbocycles. The molecule has 0 aliphatic heterocycles. The first-order valence-electron chi connectivity index (χ1n) is 8.40. The van der Waals surface area contributed by atoms with Crippen molar-refractivity contribution in [2.45, 2.75) is 58.2 Å². The molecule has 8 nitrogen and oxygen atoms in total. The number of unbranched alkanes of at least 4 members (excludes halogenated alkanes) is 1. The number of carbonyl (C=O) groups excluding carboxylic acids is 4. The highest BCUT2D eigenvalue weighted by Gasteiger charge is 2.28. The van der Waals surface area contributed by atoms with E-state index in [-0.39, 0.29) is 17.6 Å². The molecular weight excluding hydrogens is 344 g/mol. The molecule has 0 radical (unpaired) electrons. The van der Waals surface area contributed by atoms with Crippen molar-refractivity contribution in [3.8, 4) is 0 Å². The fourth-order valence-electron chi connectivity index (χ4n) is 2.18. The van der Waals surface area contributed by atoms with Gasteiger partial charge in [0.05, 0.1) is 6.04 Å². The van der Waals surface area contributed by atoms with Gasteiger partial charge in [0, 0.05) is 12.7 Å². The molecule has 0 aromatic heterocycles. The number of nitrogens with two attached hydrogens (primary N) is 1. The van der Waals surface area contributed by atoms with Gasteiger partial charge in [0.1, 0.15) is 18.4 Å². The Morgan fingerprint density at radius 2 is 1.72 bits per heavy atom. The molecule has 0 saturated heterocycles. The van der Waals surface area contributed by atoms with Gasteiger partial charge in [0.15, 0.2) is 0 Å². The number of hydrogen-bond acceptors (Lipinski definition) is 6. The van der Waals surface area contributed by atoms with E-state index in [0.717, 1.165) is 12.8 Å². The lowest BCUT2D eigenvalue weighted by molar-refractivity contribution is -0.132. The standard InChI is InChI=1S/C16H30N4O4S/c1-10(2)14(20-15(23)13(9-25)18-11(3)22)16(24)19-12(8-21)6-4-5-7-17/h8,10,12-14,25H,4-7,9,17H2,1-3H3,(H,18,22)(H,19,24)(H,20,23)/t12-,13-,14-/m0/s1. The van der Waals surface area contributed by atoms with Crippen molar-refractivity contribution < 1.29 is 19.2 Å². The molecule has 0 aromatic rings. The summed E-state index contributed by atoms with van der Waals surface area (Å²) >= 11 is 4.04. The molecular formula is C16H30N4O4S. The fourth-order valence-corrected chi connectivity index (χ4v) is 2.44. The molecule has 0 unspecified atom stereocenters. The summed E-state index contributed by atoms with van der Waals surface area (Å²) in [6, 6.07) is -2.27. The second-order valence-electron chi connectivity index (χ2n) is 6.20. The van der Waals surface area contributed by atoms with Crippen LogP contribution in [0, 0.1) is 5.92 Å². The SMILES string of the molecule is CC(=O)N[C@@H](CS)C(=O)N[C@H](C(=O)N[C@H](C=O)CCCCN)C(C)C. The minimum Gasteiger partial charge on any atom is -0.345 e. The van der Waals surface area contributed by atoms with Gasteiger partial charge in [-0.3, -0.25) is 14.4 Å². The van der Waals surface area contributed by atoms with Crippen LogP contribution in [0.2, 0.25) is 0 Å². The van der Waals surface area contributed by atoms with Crippen molar-refractivity contribution in [2.24, 2.45) is 11.7 Å². The third kappa shape index (κ3) is 9.45. The van der Waals surface area contributed by atoms with Crippen LogP contribution in [0.1, 0.15) is 40.0 Å². The van der Waals surface area contributed by atoms with Gasteiger partial charge in [-0.05, 0) is 31.7 Å². The van der Waals surface area contributed by atoms with Gasteiger partial charge >= 0.3 is 0 Å². The molecule has 0 rings (SSSR count). The van der Waals surface area contributed by atoms with E-state index in [9.17, 15) is 19.2 Å². The lowest BCUT2D eigenvalue weighted by Gasteiger charge is -2.25. The topological polar surface area (TPSA) is 130 Å². The first-order valence-corrected chi connectivity index (χ1v) is 9.04. The molecule has 0 spiro atoms. The van der Waals surface area contributed by atoms with Gasteiger partial charge in [-0.25, -0.2) is 0 Å². The van der Waals surface area contributed by atoms with Gasteiger partial charge < -0.3 is 26.5 Å². The van der Waals surface area contributed by atoms with Crippen LogP contribution in [0.5, 0.6) is 0 Å². The van der Waals surface area contributed by atoms with Crippen LogP contribution >= 0.6 is 12.6 Å². The number of nitrogens with one attached hydrogen (secondary N) is 3. The van der Waals surface area contributed by atoms with E-state index in [0.29, 0.717) is 19.3 Å². The van der Waals surface area contributed by atoms with Gasteiger partial charge in [-0.15, -0.1) is 0 Å². The number of hydrogen-bond donors (Lipinski definition) is 5. The monoisotopic (exact) mass is 374 g/mol. The van der Waals surface area contributed by atoms with E-state index < -0.39 is 29.9 Å². The minimum absolute atomic E-state index is 0.105. The van der Waals surface area contributed by atoms with Crippen molar-refractivity contribution in [3.05, 3.63) is 0 Å². The van der Waals surface area contributed by atoms with Crippen LogP contribution in [-0.4, -0.2) is 54.4 Å². The van der Waals surface area contributed by atoms with Gasteiger partial charge in [0.25, 0.3) is 0 Å². The second-order valence-corrected chi connectivity index (χ2v) is 6.57. The lowest BCUT2D eigenvalue weighted by atomic mass is 10.0. The Bertz CT molecular complexity index is 459. The van der Waals surface area contributed by atoms with Crippen LogP contribution in [0.3, 0.4) is 0 Å². The smallest absolute Gasteiger partial charge is 0.244 e. The maximum absolute atomic E-state index is 12.4. The van der Waals surface area contributed by atoms with E-state index in [1.54, 1.807) is 13.8 Å². The molecule has 3 amide bonds. The average Bonchev–Trinajstić information content (AvgIpc) is 2.55. The summed E-state index contributed by atoms with van der Waals surface area (Å²) in [5.74, 6) is -1.38. The third-order valence-electron chi connectivity index (χ3n) is 3.58. The highest BCUT2D eigenvalue weighted by atomic mass is 32.1. The van der Waals surface area contributed by atoms with Crippen molar-refractivity contribution >= 4 is 36.6 Å². The first-order chi connectivity index (χ1) is 11.8. The predicted octanol–water partition coefficient (Wildman–Crippen LogP) is -0.626. The molecule has 0 fully saturated rings. The number of amides is 3. The van der Waals surface area contributed by atoms with E-state index in [1.165, 1.54) is 6.92 Å². The van der Waals surface area contributed by atoms with Gasteiger partial charge in [0.2, 0.25) is 17.7 Å². The zero-order valence-corrected chi connectivity index (χ0v) is 16.0. The van der Waals surface area contributed by atoms with Crippen LogP contribution in [-0.2, 0) is 19.2 Å². The zero-order valence-electron chi connectivity index (χ0n) is 15.1. The van der Waals surface area contributed by atoms with Crippen molar-refractivity contribution in [1.82, 2.24) is 16.0 Å². The molecule has 144 valence electrons. The highest BCUT2D eigenvalue weighted by Crippen LogP contribution is 2.05. The van der Waals surface area contributed by atoms with Crippen molar-refractivity contribution in [3.63, 3.8) is 0 Å². The predicted molar refractivity (Wildman–Crippen MR) is 99.1 cm³/mol. The van der Waals surface area contributed by atoms with Gasteiger partial charge in [-0.2, -0.15) is 12.6 Å². The summed E-state index contributed by atoms with van der Waals surface area (Å²) < 4.78 is 0. The molecule has 0 bridgehead atoms. The Hall–Kier alpha value is -1.61. The van der Waals surface area contributed by atoms with E-state index in [2.05, 4.69) is 28.6 Å². The zero-order chi connectivity index (χ0) is 19.4. The minimum atomic E-state index is -0.832. The summed E-state index contributed by atoms with van der Waals surface area (Å²) in [4.78, 5) is 47.0. The molecule has 0 aliphatic carbocycles. The first kappa shape index (κ1) is 23.4. The lowest BCUT2D eigenvalue weighted by Crippen LogP contribution is -2.57. The molecule has 0 aliphatic rings. The summed E-state index contributed by atoms with van der Waals surface area (Å²) in [6.45, 7) is 5.39. The largest absolute Gasteiger partial charge is 0.345 e. The number of aldehydes is 1. The number of thiol groups is 1. The molecule has 25 heavy (non-hydrogen) atoms. The van der Waals surface area contributed by atoms with E-state index in [4.69, 9.17) is 5.73 Å². The average molecular weight is 375 g/mol. The number of carbonyl (C=O) groups is 4. The Kier molecular flexibility index (Phi) is 11.9. The number of rotatable bonds is 12. The normalized spacial score (nSPS) is 14.3. The van der Waals surface area contributed by atoms with Crippen molar-refractivity contribution in [1.29, 1.82) is 0 Å². The fraction of sp³-hybridized carbons (Fsp3) is 0.750. The maximum Gasteiger partial charge on any atom is 0.244 e. The van der Waals surface area contributed by atoms with Gasteiger partial charge in [-0.1, -0.05) is 13.8 Å². The van der Waals surface area contributed by atoms with E-state index in [1.807, 2.05) is 0 Å². The quantitative estimate of drug-likeness (QED) is 0.176. The summed E-state index contributed by atoms with van der Waals surface area (Å²) in [6.07, 6.45) is 2.67. The van der Waals surface area contributed by atoms with Crippen LogP contribution in [0.4, 0.5) is 0 Å². The third-order valence-corrected chi connectivity index (χ3v) is 3.95. The molecule has 0 heterocycles. The van der Waals surface area contributed by atoms with Crippen LogP contribution in [0.15, 0.2) is 0 Å². The Balaban J connectivity index is 4.85. The maximum atomic E-state index is 12.4. The molecule has 0 saturated carbocycles.